The van der Waals surface area contributed by atoms with Crippen LogP contribution in [0.2, 0.25) is 0 Å². The number of methoxy groups -OCH3 is 1. The monoisotopic (exact) mass is 496 g/mol. The topological polar surface area (TPSA) is 67.8 Å². The van der Waals surface area contributed by atoms with Crippen molar-refractivity contribution in [3.8, 4) is 5.75 Å². The summed E-state index contributed by atoms with van der Waals surface area (Å²) in [7, 11) is 1.58. The molecule has 1 atom stereocenters. The lowest BCUT2D eigenvalue weighted by Crippen LogP contribution is -2.60. The number of amides is 3. The van der Waals surface area contributed by atoms with Gasteiger partial charge in [-0.05, 0) is 49.3 Å². The van der Waals surface area contributed by atoms with Crippen LogP contribution >= 0.6 is 0 Å². The van der Waals surface area contributed by atoms with E-state index in [1.807, 2.05) is 30.3 Å². The largest absolute Gasteiger partial charge is 0.496 e. The third kappa shape index (κ3) is 6.14. The van der Waals surface area contributed by atoms with E-state index in [2.05, 4.69) is 35.7 Å². The van der Waals surface area contributed by atoms with Crippen molar-refractivity contribution in [2.75, 3.05) is 20.2 Å². The number of quaternary nitrogens is 1. The smallest absolute Gasteiger partial charge is 0.454 e. The van der Waals surface area contributed by atoms with Gasteiger partial charge >= 0.3 is 6.03 Å². The summed E-state index contributed by atoms with van der Waals surface area (Å²) in [5.41, 5.74) is 1.63. The lowest BCUT2D eigenvalue weighted by Gasteiger charge is -2.44. The zero-order chi connectivity index (χ0) is 25.3. The third-order valence-corrected chi connectivity index (χ3v) is 7.57. The van der Waals surface area contributed by atoms with Gasteiger partial charge in [0.25, 0.3) is 5.91 Å². The van der Waals surface area contributed by atoms with E-state index in [0.717, 1.165) is 57.2 Å². The van der Waals surface area contributed by atoms with Gasteiger partial charge in [-0.1, -0.05) is 60.7 Å². The van der Waals surface area contributed by atoms with Crippen molar-refractivity contribution in [1.82, 2.24) is 5.32 Å². The van der Waals surface area contributed by atoms with Crippen LogP contribution < -0.4 is 10.1 Å². The highest BCUT2D eigenvalue weighted by atomic mass is 32.1. The highest BCUT2D eigenvalue weighted by Gasteiger charge is 2.45. The molecule has 0 aromatic heterocycles. The van der Waals surface area contributed by atoms with Gasteiger partial charge in [0.1, 0.15) is 5.75 Å². The number of ether oxygens (including phenoxy) is 1. The molecular weight excluding hydrogens is 458 g/mol. The molecule has 0 heterocycles. The van der Waals surface area contributed by atoms with Crippen molar-refractivity contribution in [2.45, 2.75) is 64.5 Å². The van der Waals surface area contributed by atoms with Gasteiger partial charge < -0.3 is 10.1 Å². The van der Waals surface area contributed by atoms with Crippen LogP contribution in [0.25, 0.3) is 0 Å². The Balaban J connectivity index is 1.83. The van der Waals surface area contributed by atoms with E-state index in [9.17, 15) is 9.59 Å². The first kappa shape index (κ1) is 27.0. The Morgan fingerprint density at radius 2 is 1.60 bits per heavy atom. The molecule has 7 heteroatoms. The first-order valence-electron chi connectivity index (χ1n) is 12.7. The lowest BCUT2D eigenvalue weighted by molar-refractivity contribution is -0.876. The van der Waals surface area contributed by atoms with E-state index in [1.54, 1.807) is 19.2 Å². The molecule has 1 saturated carbocycles. The summed E-state index contributed by atoms with van der Waals surface area (Å²) in [4.78, 5) is 26.3. The van der Waals surface area contributed by atoms with Crippen LogP contribution in [-0.4, -0.2) is 42.7 Å². The second-order valence-corrected chi connectivity index (χ2v) is 9.67. The Kier molecular flexibility index (Phi) is 9.93. The minimum Gasteiger partial charge on any atom is -0.496 e. The highest BCUT2D eigenvalue weighted by molar-refractivity contribution is 7.47. The lowest BCUT2D eigenvalue weighted by atomic mass is 9.78. The molecule has 1 aliphatic rings. The van der Waals surface area contributed by atoms with Crippen LogP contribution in [0.1, 0.15) is 74.3 Å². The summed E-state index contributed by atoms with van der Waals surface area (Å²) in [5, 5.41) is 3.31. The number of hydrogen-bond donors (Lipinski definition) is 1. The molecule has 3 amide bonds. The SMILES string of the molecule is CCC[N+](CCC)(C(=O)N=S)[C@H]1CC[C@H](C(NC(=O)c2ccccc2OC)c2ccccc2)CC1. The predicted molar refractivity (Wildman–Crippen MR) is 141 cm³/mol. The fourth-order valence-electron chi connectivity index (χ4n) is 5.82. The molecule has 1 unspecified atom stereocenters. The minimum atomic E-state index is -0.170. The molecular formula is C28H38N3O3S+. The molecule has 0 bridgehead atoms. The fourth-order valence-corrected chi connectivity index (χ4v) is 5.98. The van der Waals surface area contributed by atoms with Crippen molar-refractivity contribution in [1.29, 1.82) is 0 Å². The minimum absolute atomic E-state index is 0.117. The maximum absolute atomic E-state index is 13.3. The summed E-state index contributed by atoms with van der Waals surface area (Å²) in [6.45, 7) is 5.77. The number of rotatable bonds is 10. The van der Waals surface area contributed by atoms with Gasteiger partial charge in [-0.3, -0.25) is 4.79 Å². The van der Waals surface area contributed by atoms with E-state index >= 15 is 0 Å². The summed E-state index contributed by atoms with van der Waals surface area (Å²) in [6.07, 6.45) is 5.50. The fraction of sp³-hybridized carbons (Fsp3) is 0.500. The van der Waals surface area contributed by atoms with Gasteiger partial charge in [0.05, 0.1) is 50.3 Å². The number of urea groups is 1. The van der Waals surface area contributed by atoms with Gasteiger partial charge in [0.15, 0.2) is 0 Å². The summed E-state index contributed by atoms with van der Waals surface area (Å²) < 4.78 is 9.50. The zero-order valence-electron chi connectivity index (χ0n) is 21.1. The number of benzene rings is 2. The average molecular weight is 497 g/mol. The van der Waals surface area contributed by atoms with Crippen molar-refractivity contribution < 1.29 is 18.8 Å². The van der Waals surface area contributed by atoms with E-state index < -0.39 is 0 Å². The number of nitrogens with zero attached hydrogens (tertiary/aromatic N) is 2. The summed E-state index contributed by atoms with van der Waals surface area (Å²) in [6, 6.07) is 17.4. The highest BCUT2D eigenvalue weighted by Crippen LogP contribution is 2.39. The van der Waals surface area contributed by atoms with Crippen LogP contribution in [0.3, 0.4) is 0 Å². The molecule has 0 spiro atoms. The van der Waals surface area contributed by atoms with E-state index in [4.69, 9.17) is 17.2 Å². The van der Waals surface area contributed by atoms with E-state index in [0.29, 0.717) is 15.8 Å². The quantitative estimate of drug-likeness (QED) is 0.397. The molecule has 188 valence electrons. The van der Waals surface area contributed by atoms with Crippen LogP contribution in [0.15, 0.2) is 59.0 Å². The van der Waals surface area contributed by atoms with Gasteiger partial charge in [-0.25, -0.2) is 9.28 Å². The normalized spacial score (nSPS) is 18.9. The second-order valence-electron chi connectivity index (χ2n) is 9.49. The van der Waals surface area contributed by atoms with Crippen molar-refractivity contribution in [3.63, 3.8) is 0 Å². The standard InChI is InChI=1S/C28H37N3O3S/c1-4-19-31(20-5-2,28(33)30-35)23-17-15-22(16-18-23)26(21-11-7-6-8-12-21)29-27(32)24-13-9-10-14-25(24)34-3/h6-14,22-23,26H,4-5,15-20H2,1-3H3/p+1/t22-,23-,26?. The van der Waals surface area contributed by atoms with Gasteiger partial charge in [-0.15, -0.1) is 0 Å². The maximum Gasteiger partial charge on any atom is 0.454 e. The second kappa shape index (κ2) is 12.9. The van der Waals surface area contributed by atoms with E-state index in [1.165, 1.54) is 0 Å². The number of para-hydroxylation sites is 1. The van der Waals surface area contributed by atoms with Crippen LogP contribution in [0.4, 0.5) is 4.79 Å². The number of hydrogen-bond acceptors (Lipinski definition) is 4. The molecule has 0 aliphatic heterocycles. The van der Waals surface area contributed by atoms with Gasteiger partial charge in [0, 0.05) is 12.8 Å². The van der Waals surface area contributed by atoms with Crippen LogP contribution in [0.5, 0.6) is 5.75 Å². The average Bonchev–Trinajstić information content (AvgIpc) is 2.91. The molecule has 0 saturated heterocycles. The molecule has 6 nitrogen and oxygen atoms in total. The molecule has 1 N–H and O–H groups in total. The Bertz CT molecular complexity index is 984. The molecule has 1 aliphatic carbocycles. The van der Waals surface area contributed by atoms with Crippen LogP contribution in [-0.2, 0) is 12.4 Å². The maximum atomic E-state index is 13.3. The summed E-state index contributed by atoms with van der Waals surface area (Å²) in [5.74, 6) is 0.696. The number of carbonyl (C=O) groups excluding carboxylic acids is 2. The Hall–Kier alpha value is -2.64. The Labute approximate surface area is 214 Å². The molecule has 2 aromatic carbocycles. The number of nitrogens with one attached hydrogen (secondary N) is 1. The Morgan fingerprint density at radius 3 is 2.17 bits per heavy atom. The molecule has 1 fully saturated rings. The van der Waals surface area contributed by atoms with E-state index in [-0.39, 0.29) is 29.9 Å². The molecule has 3 rings (SSSR count). The molecule has 0 radical (unpaired) electrons. The van der Waals surface area contributed by atoms with Gasteiger partial charge in [-0.2, -0.15) is 0 Å². The van der Waals surface area contributed by atoms with Crippen molar-refractivity contribution >= 4 is 24.4 Å². The zero-order valence-corrected chi connectivity index (χ0v) is 21.9. The van der Waals surface area contributed by atoms with Crippen molar-refractivity contribution in [3.05, 3.63) is 65.7 Å². The Morgan fingerprint density at radius 1 is 1.00 bits per heavy atom. The first-order valence-corrected chi connectivity index (χ1v) is 13.1. The third-order valence-electron chi connectivity index (χ3n) is 7.41. The van der Waals surface area contributed by atoms with Gasteiger partial charge in [0.2, 0.25) is 0 Å². The molecule has 2 aromatic rings. The summed E-state index contributed by atoms with van der Waals surface area (Å²) >= 11 is 4.87. The van der Waals surface area contributed by atoms with Crippen molar-refractivity contribution in [2.24, 2.45) is 10.3 Å². The molecule has 35 heavy (non-hydrogen) atoms. The number of carbonyl (C=O) groups is 2. The van der Waals surface area contributed by atoms with Crippen LogP contribution in [0, 0.1) is 5.92 Å². The first-order chi connectivity index (χ1) is 17.0. The predicted octanol–water partition coefficient (Wildman–Crippen LogP) is 6.21.